The molecule has 0 N–H and O–H groups in total. The van der Waals surface area contributed by atoms with E-state index in [0.29, 0.717) is 21.8 Å². The van der Waals surface area contributed by atoms with Crippen LogP contribution in [0.1, 0.15) is 0 Å². The first kappa shape index (κ1) is 14.8. The zero-order valence-electron chi connectivity index (χ0n) is 12.5. The van der Waals surface area contributed by atoms with E-state index in [9.17, 15) is 9.18 Å². The monoisotopic (exact) mass is 414 g/mol. The minimum absolute atomic E-state index is 0.280. The molecule has 0 amide bonds. The summed E-state index contributed by atoms with van der Waals surface area (Å²) in [4.78, 5) is 17.6. The van der Waals surface area contributed by atoms with Gasteiger partial charge in [0.2, 0.25) is 0 Å². The summed E-state index contributed by atoms with van der Waals surface area (Å²) in [6.45, 7) is 0. The van der Waals surface area contributed by atoms with Crippen molar-refractivity contribution in [3.05, 3.63) is 69.4 Å². The number of benzene rings is 2. The Hall–Kier alpha value is -2.51. The summed E-state index contributed by atoms with van der Waals surface area (Å²) < 4.78 is 22.3. The first-order chi connectivity index (χ1) is 12.1. The highest BCUT2D eigenvalue weighted by Crippen LogP contribution is 2.30. The van der Waals surface area contributed by atoms with Crippen LogP contribution in [0.3, 0.4) is 0 Å². The van der Waals surface area contributed by atoms with Gasteiger partial charge in [0.1, 0.15) is 11.4 Å². The Kier molecular flexibility index (Phi) is 3.10. The van der Waals surface area contributed by atoms with Gasteiger partial charge >= 0.3 is 5.63 Å². The highest BCUT2D eigenvalue weighted by atomic mass is 79.9. The van der Waals surface area contributed by atoms with Crippen molar-refractivity contribution >= 4 is 53.4 Å². The van der Waals surface area contributed by atoms with Gasteiger partial charge in [-0.05, 0) is 42.5 Å². The maximum absolute atomic E-state index is 13.4. The van der Waals surface area contributed by atoms with Gasteiger partial charge in [-0.25, -0.2) is 14.2 Å². The van der Waals surface area contributed by atoms with E-state index >= 15 is 0 Å². The third-order valence-electron chi connectivity index (χ3n) is 4.03. The molecule has 0 aliphatic heterocycles. The quantitative estimate of drug-likeness (QED) is 0.353. The molecule has 0 spiro atoms. The van der Waals surface area contributed by atoms with Gasteiger partial charge < -0.3 is 4.42 Å². The summed E-state index contributed by atoms with van der Waals surface area (Å²) in [6, 6.07) is 11.8. The van der Waals surface area contributed by atoms with E-state index in [1.165, 1.54) is 23.5 Å². The first-order valence-electron chi connectivity index (χ1n) is 7.39. The predicted octanol–water partition coefficient (Wildman–Crippen LogP) is 5.22. The standard InChI is InChI=1S/C18H8BrFN2O2S/c19-10-1-4-15-9(5-10)6-12(17(23)24-15)13-8-22-14-3-2-11(20)7-16(14)25-18(22)21-13/h1-8H. The largest absolute Gasteiger partial charge is 0.422 e. The number of thiazole rings is 1. The normalized spacial score (nSPS) is 11.8. The van der Waals surface area contributed by atoms with Crippen molar-refractivity contribution in [1.82, 2.24) is 9.38 Å². The van der Waals surface area contributed by atoms with Gasteiger partial charge in [-0.1, -0.05) is 27.3 Å². The van der Waals surface area contributed by atoms with Gasteiger partial charge in [-0.2, -0.15) is 0 Å². The van der Waals surface area contributed by atoms with E-state index in [1.807, 2.05) is 16.5 Å². The van der Waals surface area contributed by atoms with Crippen LogP contribution in [0.4, 0.5) is 4.39 Å². The SMILES string of the molecule is O=c1oc2ccc(Br)cc2cc1-c1cn2c(n1)sc1cc(F)ccc12. The van der Waals surface area contributed by atoms with Crippen molar-refractivity contribution in [1.29, 1.82) is 0 Å². The van der Waals surface area contributed by atoms with Crippen LogP contribution in [0.5, 0.6) is 0 Å². The zero-order chi connectivity index (χ0) is 17.1. The molecular weight excluding hydrogens is 407 g/mol. The second-order valence-corrected chi connectivity index (χ2v) is 7.55. The van der Waals surface area contributed by atoms with E-state index in [2.05, 4.69) is 20.9 Å². The van der Waals surface area contributed by atoms with Crippen LogP contribution >= 0.6 is 27.3 Å². The van der Waals surface area contributed by atoms with Gasteiger partial charge in [0.25, 0.3) is 0 Å². The van der Waals surface area contributed by atoms with Crippen molar-refractivity contribution in [2.24, 2.45) is 0 Å². The minimum Gasteiger partial charge on any atom is -0.422 e. The smallest absolute Gasteiger partial charge is 0.345 e. The van der Waals surface area contributed by atoms with E-state index in [1.54, 1.807) is 24.4 Å². The fourth-order valence-corrected chi connectivity index (χ4v) is 4.29. The highest BCUT2D eigenvalue weighted by molar-refractivity contribution is 9.10. The second kappa shape index (κ2) is 5.24. The molecular formula is C18H8BrFN2O2S. The lowest BCUT2D eigenvalue weighted by Gasteiger charge is -2.00. The number of hydrogen-bond donors (Lipinski definition) is 0. The summed E-state index contributed by atoms with van der Waals surface area (Å²) in [6.07, 6.45) is 1.78. The lowest BCUT2D eigenvalue weighted by atomic mass is 10.1. The summed E-state index contributed by atoms with van der Waals surface area (Å²) >= 11 is 4.79. The topological polar surface area (TPSA) is 47.5 Å². The van der Waals surface area contributed by atoms with Crippen molar-refractivity contribution in [2.75, 3.05) is 0 Å². The maximum Gasteiger partial charge on any atom is 0.345 e. The number of nitrogens with zero attached hydrogens (tertiary/aromatic N) is 2. The molecule has 0 radical (unpaired) electrons. The Morgan fingerprint density at radius 2 is 2.04 bits per heavy atom. The van der Waals surface area contributed by atoms with Gasteiger partial charge in [0.05, 0.1) is 21.5 Å². The molecule has 0 fully saturated rings. The van der Waals surface area contributed by atoms with Crippen LogP contribution < -0.4 is 5.63 Å². The number of hydrogen-bond acceptors (Lipinski definition) is 4. The lowest BCUT2D eigenvalue weighted by molar-refractivity contribution is 0.563. The molecule has 3 aromatic heterocycles. The van der Waals surface area contributed by atoms with E-state index < -0.39 is 5.63 Å². The average molecular weight is 415 g/mol. The summed E-state index contributed by atoms with van der Waals surface area (Å²) in [5, 5.41) is 0.812. The molecule has 2 aromatic carbocycles. The Morgan fingerprint density at radius 3 is 2.92 bits per heavy atom. The highest BCUT2D eigenvalue weighted by Gasteiger charge is 2.15. The Morgan fingerprint density at radius 1 is 1.16 bits per heavy atom. The molecule has 7 heteroatoms. The van der Waals surface area contributed by atoms with Crippen LogP contribution in [0.25, 0.3) is 37.4 Å². The Labute approximate surface area is 152 Å². The van der Waals surface area contributed by atoms with E-state index in [0.717, 1.165) is 20.1 Å². The molecule has 4 nitrogen and oxygen atoms in total. The molecule has 122 valence electrons. The fourth-order valence-electron chi connectivity index (χ4n) is 2.88. The van der Waals surface area contributed by atoms with Crippen LogP contribution in [0.15, 0.2) is 62.3 Å². The number of halogens is 2. The first-order valence-corrected chi connectivity index (χ1v) is 9.00. The van der Waals surface area contributed by atoms with Crippen LogP contribution in [0.2, 0.25) is 0 Å². The number of rotatable bonds is 1. The minimum atomic E-state index is -0.434. The van der Waals surface area contributed by atoms with Crippen molar-refractivity contribution in [2.45, 2.75) is 0 Å². The molecule has 0 unspecified atom stereocenters. The second-order valence-electron chi connectivity index (χ2n) is 5.62. The van der Waals surface area contributed by atoms with Crippen molar-refractivity contribution in [3.63, 3.8) is 0 Å². The van der Waals surface area contributed by atoms with Crippen LogP contribution in [-0.2, 0) is 0 Å². The van der Waals surface area contributed by atoms with Crippen LogP contribution in [0, 0.1) is 5.82 Å². The fraction of sp³-hybridized carbons (Fsp3) is 0. The molecule has 0 atom stereocenters. The molecule has 3 heterocycles. The summed E-state index contributed by atoms with van der Waals surface area (Å²) in [7, 11) is 0. The Bertz CT molecular complexity index is 1350. The average Bonchev–Trinajstić information content (AvgIpc) is 3.11. The summed E-state index contributed by atoms with van der Waals surface area (Å²) in [5.74, 6) is -0.280. The van der Waals surface area contributed by atoms with E-state index in [4.69, 9.17) is 4.42 Å². The van der Waals surface area contributed by atoms with Gasteiger partial charge in [-0.3, -0.25) is 4.40 Å². The lowest BCUT2D eigenvalue weighted by Crippen LogP contribution is -2.02. The molecule has 5 aromatic rings. The Balaban J connectivity index is 1.76. The maximum atomic E-state index is 13.4. The number of imidazole rings is 1. The molecule has 5 rings (SSSR count). The number of fused-ring (bicyclic) bond motifs is 4. The third kappa shape index (κ3) is 2.31. The number of aromatic nitrogens is 2. The molecule has 0 saturated carbocycles. The molecule has 25 heavy (non-hydrogen) atoms. The third-order valence-corrected chi connectivity index (χ3v) is 5.54. The zero-order valence-corrected chi connectivity index (χ0v) is 14.9. The summed E-state index contributed by atoms with van der Waals surface area (Å²) in [5.41, 5.74) is 1.88. The molecule has 0 aliphatic rings. The molecule has 0 bridgehead atoms. The van der Waals surface area contributed by atoms with Crippen LogP contribution in [-0.4, -0.2) is 9.38 Å². The van der Waals surface area contributed by atoms with Crippen molar-refractivity contribution in [3.8, 4) is 11.3 Å². The van der Waals surface area contributed by atoms with E-state index in [-0.39, 0.29) is 5.82 Å². The molecule has 0 aliphatic carbocycles. The van der Waals surface area contributed by atoms with Crippen molar-refractivity contribution < 1.29 is 8.81 Å². The predicted molar refractivity (Wildman–Crippen MR) is 99.7 cm³/mol. The molecule has 0 saturated heterocycles. The van der Waals surface area contributed by atoms with Gasteiger partial charge in [-0.15, -0.1) is 0 Å². The van der Waals surface area contributed by atoms with Gasteiger partial charge in [0.15, 0.2) is 4.96 Å². The van der Waals surface area contributed by atoms with Gasteiger partial charge in [0, 0.05) is 16.1 Å².